The molecule has 0 bridgehead atoms. The van der Waals surface area contributed by atoms with Crippen molar-refractivity contribution >= 4 is 27.7 Å². The first-order chi connectivity index (χ1) is 17.1. The normalized spacial score (nSPS) is 10.9. The standard InChI is InChI=1S/C28H25N3O4/c1-33-23-11-7-4-8-18(23)16-29-28(32)22-15-20-19-9-5-6-10-21(19)30-27(20)26(31-22)17-12-13-24(34-2)25(14-17)35-3/h4-15,30H,16H2,1-3H3,(H,29,32). The van der Waals surface area contributed by atoms with Crippen LogP contribution in [0.25, 0.3) is 33.1 Å². The number of rotatable bonds is 7. The third-order valence-electron chi connectivity index (χ3n) is 6.02. The van der Waals surface area contributed by atoms with Crippen LogP contribution in [-0.2, 0) is 6.54 Å². The first kappa shape index (κ1) is 22.3. The quantitative estimate of drug-likeness (QED) is 0.338. The van der Waals surface area contributed by atoms with Crippen molar-refractivity contribution in [3.8, 4) is 28.5 Å². The minimum absolute atomic E-state index is 0.273. The SMILES string of the molecule is COc1ccccc1CNC(=O)c1cc2c([nH]c3ccccc32)c(-c2ccc(OC)c(OC)c2)n1. The zero-order chi connectivity index (χ0) is 24.4. The lowest BCUT2D eigenvalue weighted by atomic mass is 10.1. The smallest absolute Gasteiger partial charge is 0.270 e. The summed E-state index contributed by atoms with van der Waals surface area (Å²) in [7, 11) is 4.80. The third kappa shape index (κ3) is 4.12. The molecular weight excluding hydrogens is 442 g/mol. The number of methoxy groups -OCH3 is 3. The second-order valence-corrected chi connectivity index (χ2v) is 8.01. The molecule has 176 valence electrons. The molecule has 2 aromatic heterocycles. The number of pyridine rings is 1. The summed E-state index contributed by atoms with van der Waals surface area (Å²) >= 11 is 0. The van der Waals surface area contributed by atoms with E-state index in [1.807, 2.05) is 72.8 Å². The maximum atomic E-state index is 13.3. The van der Waals surface area contributed by atoms with Crippen LogP contribution in [0.5, 0.6) is 17.2 Å². The van der Waals surface area contributed by atoms with Crippen molar-refractivity contribution in [2.24, 2.45) is 0 Å². The minimum atomic E-state index is -0.273. The Morgan fingerprint density at radius 3 is 2.37 bits per heavy atom. The maximum Gasteiger partial charge on any atom is 0.270 e. The van der Waals surface area contributed by atoms with Crippen molar-refractivity contribution < 1.29 is 19.0 Å². The van der Waals surface area contributed by atoms with Crippen molar-refractivity contribution in [1.82, 2.24) is 15.3 Å². The predicted octanol–water partition coefficient (Wildman–Crippen LogP) is 5.34. The van der Waals surface area contributed by atoms with Crippen molar-refractivity contribution in [1.29, 1.82) is 0 Å². The van der Waals surface area contributed by atoms with Gasteiger partial charge in [0, 0.05) is 34.0 Å². The summed E-state index contributed by atoms with van der Waals surface area (Å²) in [6, 6.07) is 23.0. The highest BCUT2D eigenvalue weighted by Crippen LogP contribution is 2.36. The van der Waals surface area contributed by atoms with E-state index in [0.29, 0.717) is 29.4 Å². The summed E-state index contributed by atoms with van der Waals surface area (Å²) in [6.45, 7) is 0.322. The lowest BCUT2D eigenvalue weighted by Crippen LogP contribution is -2.24. The Morgan fingerprint density at radius 1 is 0.829 bits per heavy atom. The number of aromatic amines is 1. The Labute approximate surface area is 202 Å². The van der Waals surface area contributed by atoms with Crippen molar-refractivity contribution in [3.05, 3.63) is 84.1 Å². The zero-order valence-corrected chi connectivity index (χ0v) is 19.7. The summed E-state index contributed by atoms with van der Waals surface area (Å²) in [6.07, 6.45) is 0. The minimum Gasteiger partial charge on any atom is -0.496 e. The van der Waals surface area contributed by atoms with Gasteiger partial charge in [0.25, 0.3) is 5.91 Å². The molecule has 2 heterocycles. The van der Waals surface area contributed by atoms with Crippen LogP contribution in [-0.4, -0.2) is 37.2 Å². The summed E-state index contributed by atoms with van der Waals surface area (Å²) in [4.78, 5) is 21.5. The van der Waals surface area contributed by atoms with E-state index in [-0.39, 0.29) is 5.91 Å². The first-order valence-corrected chi connectivity index (χ1v) is 11.2. The Hall–Kier alpha value is -4.52. The van der Waals surface area contributed by atoms with Crippen LogP contribution in [0.3, 0.4) is 0 Å². The number of hydrogen-bond acceptors (Lipinski definition) is 5. The molecule has 35 heavy (non-hydrogen) atoms. The molecule has 3 aromatic carbocycles. The molecule has 7 heteroatoms. The number of nitrogens with one attached hydrogen (secondary N) is 2. The van der Waals surface area contributed by atoms with Crippen LogP contribution in [0.2, 0.25) is 0 Å². The van der Waals surface area contributed by atoms with Crippen LogP contribution in [0, 0.1) is 0 Å². The Balaban J connectivity index is 1.61. The van der Waals surface area contributed by atoms with Gasteiger partial charge in [0.15, 0.2) is 11.5 Å². The number of aromatic nitrogens is 2. The van der Waals surface area contributed by atoms with Gasteiger partial charge in [0.2, 0.25) is 0 Å². The van der Waals surface area contributed by atoms with Gasteiger partial charge in [-0.1, -0.05) is 36.4 Å². The van der Waals surface area contributed by atoms with Crippen LogP contribution < -0.4 is 19.5 Å². The molecule has 1 amide bonds. The van der Waals surface area contributed by atoms with Gasteiger partial charge in [0.1, 0.15) is 11.4 Å². The van der Waals surface area contributed by atoms with Crippen LogP contribution >= 0.6 is 0 Å². The number of para-hydroxylation sites is 2. The fraction of sp³-hybridized carbons (Fsp3) is 0.143. The topological polar surface area (TPSA) is 85.5 Å². The molecule has 7 nitrogen and oxygen atoms in total. The molecular formula is C28H25N3O4. The number of hydrogen-bond donors (Lipinski definition) is 2. The van der Waals surface area contributed by atoms with Gasteiger partial charge < -0.3 is 24.5 Å². The van der Waals surface area contributed by atoms with E-state index in [2.05, 4.69) is 10.3 Å². The largest absolute Gasteiger partial charge is 0.496 e. The second-order valence-electron chi connectivity index (χ2n) is 8.01. The first-order valence-electron chi connectivity index (χ1n) is 11.2. The third-order valence-corrected chi connectivity index (χ3v) is 6.02. The average Bonchev–Trinajstić information content (AvgIpc) is 3.29. The van der Waals surface area contributed by atoms with E-state index < -0.39 is 0 Å². The van der Waals surface area contributed by atoms with E-state index in [0.717, 1.165) is 38.7 Å². The van der Waals surface area contributed by atoms with Crippen LogP contribution in [0.1, 0.15) is 16.1 Å². The molecule has 0 saturated heterocycles. The average molecular weight is 468 g/mol. The number of nitrogens with zero attached hydrogens (tertiary/aromatic N) is 1. The molecule has 0 radical (unpaired) electrons. The summed E-state index contributed by atoms with van der Waals surface area (Å²) in [5, 5.41) is 4.92. The molecule has 0 fully saturated rings. The fourth-order valence-electron chi connectivity index (χ4n) is 4.27. The molecule has 5 rings (SSSR count). The van der Waals surface area contributed by atoms with E-state index in [9.17, 15) is 4.79 Å². The van der Waals surface area contributed by atoms with Crippen molar-refractivity contribution in [3.63, 3.8) is 0 Å². The van der Waals surface area contributed by atoms with Gasteiger partial charge >= 0.3 is 0 Å². The molecule has 2 N–H and O–H groups in total. The number of carbonyl (C=O) groups excluding carboxylic acids is 1. The van der Waals surface area contributed by atoms with Crippen LogP contribution in [0.4, 0.5) is 0 Å². The highest BCUT2D eigenvalue weighted by molar-refractivity contribution is 6.13. The van der Waals surface area contributed by atoms with Crippen molar-refractivity contribution in [2.75, 3.05) is 21.3 Å². The van der Waals surface area contributed by atoms with E-state index in [1.165, 1.54) is 0 Å². The Bertz CT molecular complexity index is 1540. The number of fused-ring (bicyclic) bond motifs is 3. The molecule has 0 aliphatic heterocycles. The van der Waals surface area contributed by atoms with Crippen molar-refractivity contribution in [2.45, 2.75) is 6.54 Å². The lowest BCUT2D eigenvalue weighted by molar-refractivity contribution is 0.0946. The summed E-state index contributed by atoms with van der Waals surface area (Å²) in [5.74, 6) is 1.65. The number of carbonyl (C=O) groups is 1. The molecule has 0 unspecified atom stereocenters. The van der Waals surface area contributed by atoms with Gasteiger partial charge in [-0.25, -0.2) is 4.98 Å². The Morgan fingerprint density at radius 2 is 1.57 bits per heavy atom. The molecule has 5 aromatic rings. The van der Waals surface area contributed by atoms with Gasteiger partial charge in [-0.2, -0.15) is 0 Å². The lowest BCUT2D eigenvalue weighted by Gasteiger charge is -2.12. The highest BCUT2D eigenvalue weighted by atomic mass is 16.5. The second kappa shape index (κ2) is 9.38. The van der Waals surface area contributed by atoms with E-state index in [1.54, 1.807) is 21.3 Å². The van der Waals surface area contributed by atoms with Crippen LogP contribution in [0.15, 0.2) is 72.8 Å². The molecule has 0 aliphatic carbocycles. The number of ether oxygens (including phenoxy) is 3. The monoisotopic (exact) mass is 467 g/mol. The fourth-order valence-corrected chi connectivity index (χ4v) is 4.27. The number of amides is 1. The predicted molar refractivity (Wildman–Crippen MR) is 136 cm³/mol. The maximum absolute atomic E-state index is 13.3. The van der Waals surface area contributed by atoms with Gasteiger partial charge in [0.05, 0.1) is 32.5 Å². The number of H-pyrrole nitrogens is 1. The molecule has 0 aliphatic rings. The molecule has 0 atom stereocenters. The van der Waals surface area contributed by atoms with Gasteiger partial charge in [-0.3, -0.25) is 4.79 Å². The van der Waals surface area contributed by atoms with E-state index >= 15 is 0 Å². The summed E-state index contributed by atoms with van der Waals surface area (Å²) in [5.41, 5.74) is 4.48. The summed E-state index contributed by atoms with van der Waals surface area (Å²) < 4.78 is 16.3. The Kier molecular flexibility index (Phi) is 5.97. The highest BCUT2D eigenvalue weighted by Gasteiger charge is 2.18. The van der Waals surface area contributed by atoms with Gasteiger partial charge in [-0.05, 0) is 36.4 Å². The van der Waals surface area contributed by atoms with E-state index in [4.69, 9.17) is 19.2 Å². The van der Waals surface area contributed by atoms with Gasteiger partial charge in [-0.15, -0.1) is 0 Å². The zero-order valence-electron chi connectivity index (χ0n) is 19.7. The molecule has 0 spiro atoms. The molecule has 0 saturated carbocycles. The number of benzene rings is 3.